The lowest BCUT2D eigenvalue weighted by atomic mass is 10.1. The molecule has 1 saturated carbocycles. The molecule has 0 aromatic rings. The van der Waals surface area contributed by atoms with E-state index in [1.165, 1.54) is 12.8 Å². The maximum Gasteiger partial charge on any atom is 0.407 e. The van der Waals surface area contributed by atoms with Crippen LogP contribution < -0.4 is 10.6 Å². The van der Waals surface area contributed by atoms with E-state index in [4.69, 9.17) is 4.74 Å². The molecule has 5 heteroatoms. The smallest absolute Gasteiger partial charge is 0.407 e. The fourth-order valence-electron chi connectivity index (χ4n) is 2.61. The molecular weight excluding hydrogens is 242 g/mol. The third kappa shape index (κ3) is 4.99. The second-order valence-electron chi connectivity index (χ2n) is 6.57. The third-order valence-corrected chi connectivity index (χ3v) is 3.63. The highest BCUT2D eigenvalue weighted by Gasteiger charge is 2.36. The molecule has 0 aromatic carbocycles. The molecule has 1 aliphatic heterocycles. The SMILES string of the molecule is CC(C)(C)OC(=O)NCCN1CCNCC1C1CC1. The number of hydrogen-bond donors (Lipinski definition) is 2. The van der Waals surface area contributed by atoms with Gasteiger partial charge in [-0.2, -0.15) is 0 Å². The summed E-state index contributed by atoms with van der Waals surface area (Å²) in [7, 11) is 0. The largest absolute Gasteiger partial charge is 0.444 e. The van der Waals surface area contributed by atoms with Crippen molar-refractivity contribution in [2.24, 2.45) is 5.92 Å². The van der Waals surface area contributed by atoms with E-state index in [0.29, 0.717) is 12.6 Å². The van der Waals surface area contributed by atoms with Gasteiger partial charge in [0.05, 0.1) is 0 Å². The summed E-state index contributed by atoms with van der Waals surface area (Å²) in [4.78, 5) is 14.1. The van der Waals surface area contributed by atoms with Crippen molar-refractivity contribution >= 4 is 6.09 Å². The number of piperazine rings is 1. The molecular formula is C14H27N3O2. The molecule has 5 nitrogen and oxygen atoms in total. The first kappa shape index (κ1) is 14.6. The molecule has 110 valence electrons. The van der Waals surface area contributed by atoms with E-state index in [1.54, 1.807) is 0 Å². The van der Waals surface area contributed by atoms with E-state index in [1.807, 2.05) is 20.8 Å². The fraction of sp³-hybridized carbons (Fsp3) is 0.929. The highest BCUT2D eigenvalue weighted by Crippen LogP contribution is 2.35. The predicted molar refractivity (Wildman–Crippen MR) is 75.2 cm³/mol. The summed E-state index contributed by atoms with van der Waals surface area (Å²) in [5, 5.41) is 6.31. The van der Waals surface area contributed by atoms with Gasteiger partial charge in [0.25, 0.3) is 0 Å². The minimum atomic E-state index is -0.421. The topological polar surface area (TPSA) is 53.6 Å². The lowest BCUT2D eigenvalue weighted by Gasteiger charge is -2.36. The first-order valence-electron chi connectivity index (χ1n) is 7.37. The van der Waals surface area contributed by atoms with Gasteiger partial charge in [-0.15, -0.1) is 0 Å². The van der Waals surface area contributed by atoms with E-state index in [2.05, 4.69) is 15.5 Å². The van der Waals surface area contributed by atoms with Crippen molar-refractivity contribution in [2.45, 2.75) is 45.3 Å². The van der Waals surface area contributed by atoms with E-state index in [0.717, 1.165) is 32.1 Å². The number of rotatable bonds is 4. The molecule has 0 bridgehead atoms. The van der Waals surface area contributed by atoms with Crippen LogP contribution in [0.25, 0.3) is 0 Å². The average molecular weight is 269 g/mol. The van der Waals surface area contributed by atoms with Gasteiger partial charge in [0, 0.05) is 38.8 Å². The van der Waals surface area contributed by atoms with Crippen LogP contribution >= 0.6 is 0 Å². The molecule has 0 radical (unpaired) electrons. The Morgan fingerprint density at radius 1 is 1.42 bits per heavy atom. The molecule has 1 atom stereocenters. The van der Waals surface area contributed by atoms with Crippen molar-refractivity contribution in [3.8, 4) is 0 Å². The van der Waals surface area contributed by atoms with Gasteiger partial charge in [-0.1, -0.05) is 0 Å². The number of carbonyl (C=O) groups is 1. The first-order valence-corrected chi connectivity index (χ1v) is 7.37. The molecule has 2 aliphatic rings. The molecule has 1 unspecified atom stereocenters. The fourth-order valence-corrected chi connectivity index (χ4v) is 2.61. The van der Waals surface area contributed by atoms with Crippen LogP contribution in [-0.4, -0.2) is 55.4 Å². The summed E-state index contributed by atoms with van der Waals surface area (Å²) >= 11 is 0. The number of alkyl carbamates (subject to hydrolysis) is 1. The van der Waals surface area contributed by atoms with Gasteiger partial charge >= 0.3 is 6.09 Å². The number of nitrogens with one attached hydrogen (secondary N) is 2. The van der Waals surface area contributed by atoms with Gasteiger partial charge in [0.15, 0.2) is 0 Å². The van der Waals surface area contributed by atoms with Crippen LogP contribution in [-0.2, 0) is 4.74 Å². The van der Waals surface area contributed by atoms with Crippen molar-refractivity contribution in [1.82, 2.24) is 15.5 Å². The van der Waals surface area contributed by atoms with Crippen LogP contribution in [0.1, 0.15) is 33.6 Å². The Labute approximate surface area is 116 Å². The van der Waals surface area contributed by atoms with Crippen molar-refractivity contribution in [3.63, 3.8) is 0 Å². The van der Waals surface area contributed by atoms with Crippen molar-refractivity contribution < 1.29 is 9.53 Å². The molecule has 1 heterocycles. The second-order valence-corrected chi connectivity index (χ2v) is 6.57. The standard InChI is InChI=1S/C14H27N3O2/c1-14(2,3)19-13(18)16-7-9-17-8-6-15-10-12(17)11-4-5-11/h11-12,15H,4-10H2,1-3H3,(H,16,18). The zero-order valence-electron chi connectivity index (χ0n) is 12.4. The van der Waals surface area contributed by atoms with Crippen LogP contribution in [0.3, 0.4) is 0 Å². The van der Waals surface area contributed by atoms with Crippen molar-refractivity contribution in [1.29, 1.82) is 0 Å². The third-order valence-electron chi connectivity index (χ3n) is 3.63. The molecule has 2 rings (SSSR count). The van der Waals surface area contributed by atoms with Crippen molar-refractivity contribution in [3.05, 3.63) is 0 Å². The molecule has 1 saturated heterocycles. The Morgan fingerprint density at radius 2 is 2.16 bits per heavy atom. The molecule has 1 amide bonds. The Hall–Kier alpha value is -0.810. The van der Waals surface area contributed by atoms with Crippen LogP contribution in [0, 0.1) is 5.92 Å². The Kier molecular flexibility index (Phi) is 4.68. The van der Waals surface area contributed by atoms with E-state index in [-0.39, 0.29) is 6.09 Å². The number of amides is 1. The van der Waals surface area contributed by atoms with Gasteiger partial charge in [0.2, 0.25) is 0 Å². The first-order chi connectivity index (χ1) is 8.96. The maximum atomic E-state index is 11.6. The summed E-state index contributed by atoms with van der Waals surface area (Å²) in [5.41, 5.74) is -0.421. The van der Waals surface area contributed by atoms with Crippen LogP contribution in [0.15, 0.2) is 0 Å². The average Bonchev–Trinajstić information content (AvgIpc) is 3.11. The second kappa shape index (κ2) is 6.09. The summed E-state index contributed by atoms with van der Waals surface area (Å²) in [5.74, 6) is 0.870. The van der Waals surface area contributed by atoms with Gasteiger partial charge in [-0.05, 0) is 39.5 Å². The van der Waals surface area contributed by atoms with Crippen LogP contribution in [0.4, 0.5) is 4.79 Å². The molecule has 1 aliphatic carbocycles. The minimum Gasteiger partial charge on any atom is -0.444 e. The van der Waals surface area contributed by atoms with Gasteiger partial charge in [-0.3, -0.25) is 4.90 Å². The van der Waals surface area contributed by atoms with Crippen LogP contribution in [0.2, 0.25) is 0 Å². The number of ether oxygens (including phenoxy) is 1. The highest BCUT2D eigenvalue weighted by atomic mass is 16.6. The van der Waals surface area contributed by atoms with E-state index < -0.39 is 5.60 Å². The van der Waals surface area contributed by atoms with E-state index in [9.17, 15) is 4.79 Å². The zero-order valence-corrected chi connectivity index (χ0v) is 12.4. The van der Waals surface area contributed by atoms with Gasteiger partial charge < -0.3 is 15.4 Å². The Bertz CT molecular complexity index is 310. The predicted octanol–water partition coefficient (Wildman–Crippen LogP) is 1.19. The maximum absolute atomic E-state index is 11.6. The number of carbonyl (C=O) groups excluding carboxylic acids is 1. The van der Waals surface area contributed by atoms with Crippen molar-refractivity contribution in [2.75, 3.05) is 32.7 Å². The summed E-state index contributed by atoms with van der Waals surface area (Å²) < 4.78 is 5.23. The molecule has 2 fully saturated rings. The summed E-state index contributed by atoms with van der Waals surface area (Å²) in [6.45, 7) is 10.5. The lowest BCUT2D eigenvalue weighted by molar-refractivity contribution is 0.0513. The monoisotopic (exact) mass is 269 g/mol. The quantitative estimate of drug-likeness (QED) is 0.805. The Balaban J connectivity index is 1.67. The molecule has 2 N–H and O–H groups in total. The number of nitrogens with zero attached hydrogens (tertiary/aromatic N) is 1. The van der Waals surface area contributed by atoms with E-state index >= 15 is 0 Å². The van der Waals surface area contributed by atoms with Crippen LogP contribution in [0.5, 0.6) is 0 Å². The molecule has 0 spiro atoms. The molecule has 19 heavy (non-hydrogen) atoms. The normalized spacial score (nSPS) is 25.1. The summed E-state index contributed by atoms with van der Waals surface area (Å²) in [6.07, 6.45) is 2.41. The number of hydrogen-bond acceptors (Lipinski definition) is 4. The summed E-state index contributed by atoms with van der Waals surface area (Å²) in [6, 6.07) is 0.661. The minimum absolute atomic E-state index is 0.314. The molecule has 0 aromatic heterocycles. The van der Waals surface area contributed by atoms with Gasteiger partial charge in [-0.25, -0.2) is 4.79 Å². The lowest BCUT2D eigenvalue weighted by Crippen LogP contribution is -2.54. The Morgan fingerprint density at radius 3 is 2.79 bits per heavy atom. The van der Waals surface area contributed by atoms with Gasteiger partial charge in [0.1, 0.15) is 5.60 Å². The zero-order chi connectivity index (χ0) is 13.9. The highest BCUT2D eigenvalue weighted by molar-refractivity contribution is 5.67.